The van der Waals surface area contributed by atoms with Gasteiger partial charge in [0.05, 0.1) is 4.47 Å². The van der Waals surface area contributed by atoms with E-state index < -0.39 is 5.82 Å². The van der Waals surface area contributed by atoms with Gasteiger partial charge >= 0.3 is 0 Å². The summed E-state index contributed by atoms with van der Waals surface area (Å²) in [5.41, 5.74) is 6.48. The third-order valence-electron chi connectivity index (χ3n) is 2.28. The first-order chi connectivity index (χ1) is 8.54. The highest BCUT2D eigenvalue weighted by molar-refractivity contribution is 9.10. The molecule has 2 nitrogen and oxygen atoms in total. The molecule has 0 aromatic heterocycles. The molecule has 2 aromatic carbocycles. The number of halogens is 3. The lowest BCUT2D eigenvalue weighted by Crippen LogP contribution is -1.98. The van der Waals surface area contributed by atoms with Crippen LogP contribution >= 0.6 is 15.9 Å². The first kappa shape index (κ1) is 12.8. The summed E-state index contributed by atoms with van der Waals surface area (Å²) >= 11 is 3.06. The highest BCUT2D eigenvalue weighted by atomic mass is 79.9. The Bertz CT molecular complexity index is 555. The van der Waals surface area contributed by atoms with E-state index in [9.17, 15) is 8.78 Å². The molecular formula is C13H10BrF2NO. The van der Waals surface area contributed by atoms with Crippen molar-refractivity contribution in [3.63, 3.8) is 0 Å². The second-order valence-corrected chi connectivity index (χ2v) is 4.61. The molecule has 0 aliphatic heterocycles. The quantitative estimate of drug-likeness (QED) is 0.873. The van der Waals surface area contributed by atoms with Gasteiger partial charge in [-0.2, -0.15) is 0 Å². The van der Waals surface area contributed by atoms with Crippen LogP contribution in [0.3, 0.4) is 0 Å². The van der Waals surface area contributed by atoms with Crippen LogP contribution in [-0.4, -0.2) is 0 Å². The lowest BCUT2D eigenvalue weighted by Gasteiger charge is -2.08. The molecule has 0 aliphatic rings. The van der Waals surface area contributed by atoms with Crippen LogP contribution in [0.1, 0.15) is 5.56 Å². The lowest BCUT2D eigenvalue weighted by atomic mass is 10.2. The summed E-state index contributed by atoms with van der Waals surface area (Å²) in [5.74, 6) is -0.280. The van der Waals surface area contributed by atoms with Gasteiger partial charge in [0.25, 0.3) is 0 Å². The third-order valence-corrected chi connectivity index (χ3v) is 2.88. The molecule has 0 saturated carbocycles. The maximum atomic E-state index is 13.1. The minimum atomic E-state index is -0.408. The molecule has 0 saturated heterocycles. The fourth-order valence-electron chi connectivity index (χ4n) is 1.49. The number of hydrogen-bond donors (Lipinski definition) is 1. The Morgan fingerprint density at radius 1 is 1.11 bits per heavy atom. The summed E-state index contributed by atoms with van der Waals surface area (Å²) in [7, 11) is 0. The van der Waals surface area contributed by atoms with Gasteiger partial charge in [-0.1, -0.05) is 0 Å². The average Bonchev–Trinajstić information content (AvgIpc) is 2.29. The maximum Gasteiger partial charge on any atom is 0.137 e. The van der Waals surface area contributed by atoms with Crippen molar-refractivity contribution in [3.8, 4) is 5.75 Å². The predicted molar refractivity (Wildman–Crippen MR) is 69.2 cm³/mol. The Hall–Kier alpha value is -1.62. The van der Waals surface area contributed by atoms with Crippen molar-refractivity contribution in [2.45, 2.75) is 6.61 Å². The van der Waals surface area contributed by atoms with Gasteiger partial charge in [-0.15, -0.1) is 0 Å². The molecule has 0 aliphatic carbocycles. The first-order valence-electron chi connectivity index (χ1n) is 5.17. The summed E-state index contributed by atoms with van der Waals surface area (Å²) in [4.78, 5) is 0. The van der Waals surface area contributed by atoms with Crippen molar-refractivity contribution in [2.75, 3.05) is 5.73 Å². The van der Waals surface area contributed by atoms with Crippen LogP contribution in [-0.2, 0) is 6.61 Å². The number of hydrogen-bond acceptors (Lipinski definition) is 2. The monoisotopic (exact) mass is 313 g/mol. The molecule has 18 heavy (non-hydrogen) atoms. The van der Waals surface area contributed by atoms with Crippen LogP contribution in [0, 0.1) is 11.6 Å². The Balaban J connectivity index is 2.08. The minimum Gasteiger partial charge on any atom is -0.489 e. The number of rotatable bonds is 3. The number of nitrogens with two attached hydrogens (primary N) is 1. The summed E-state index contributed by atoms with van der Waals surface area (Å²) in [6, 6.07) is 8.51. The SMILES string of the molecule is Nc1cc(F)cc(COc2ccc(F)c(Br)c2)c1. The Kier molecular flexibility index (Phi) is 3.81. The van der Waals surface area contributed by atoms with Crippen molar-refractivity contribution in [3.05, 3.63) is 58.1 Å². The van der Waals surface area contributed by atoms with Crippen molar-refractivity contribution < 1.29 is 13.5 Å². The van der Waals surface area contributed by atoms with Gasteiger partial charge in [0.1, 0.15) is 24.0 Å². The molecule has 2 rings (SSSR count). The molecule has 0 atom stereocenters. The van der Waals surface area contributed by atoms with Crippen molar-refractivity contribution in [1.29, 1.82) is 0 Å². The molecule has 2 N–H and O–H groups in total. The topological polar surface area (TPSA) is 35.2 Å². The number of ether oxygens (including phenoxy) is 1. The van der Waals surface area contributed by atoms with E-state index >= 15 is 0 Å². The van der Waals surface area contributed by atoms with Gasteiger partial charge in [0.2, 0.25) is 0 Å². The van der Waals surface area contributed by atoms with Gasteiger partial charge < -0.3 is 10.5 Å². The maximum absolute atomic E-state index is 13.1. The van der Waals surface area contributed by atoms with Crippen molar-refractivity contribution in [2.24, 2.45) is 0 Å². The summed E-state index contributed by atoms with van der Waals surface area (Å²) in [5, 5.41) is 0. The predicted octanol–water partition coefficient (Wildman–Crippen LogP) is 3.89. The van der Waals surface area contributed by atoms with E-state index in [2.05, 4.69) is 15.9 Å². The molecule has 5 heteroatoms. The zero-order valence-electron chi connectivity index (χ0n) is 9.29. The summed E-state index contributed by atoms with van der Waals surface area (Å²) in [6.07, 6.45) is 0. The average molecular weight is 314 g/mol. The number of anilines is 1. The molecule has 2 aromatic rings. The molecule has 0 unspecified atom stereocenters. The smallest absolute Gasteiger partial charge is 0.137 e. The van der Waals surface area contributed by atoms with E-state index in [0.29, 0.717) is 21.5 Å². The van der Waals surface area contributed by atoms with E-state index in [4.69, 9.17) is 10.5 Å². The van der Waals surface area contributed by atoms with E-state index in [1.807, 2.05) is 0 Å². The van der Waals surface area contributed by atoms with E-state index in [-0.39, 0.29) is 12.4 Å². The largest absolute Gasteiger partial charge is 0.489 e. The highest BCUT2D eigenvalue weighted by Crippen LogP contribution is 2.22. The van der Waals surface area contributed by atoms with Gasteiger partial charge in [-0.05, 0) is 57.9 Å². The molecule has 94 valence electrons. The van der Waals surface area contributed by atoms with Gasteiger partial charge in [-0.3, -0.25) is 0 Å². The Morgan fingerprint density at radius 3 is 2.56 bits per heavy atom. The molecule has 0 radical (unpaired) electrons. The second kappa shape index (κ2) is 5.35. The van der Waals surface area contributed by atoms with Gasteiger partial charge in [0.15, 0.2) is 0 Å². The second-order valence-electron chi connectivity index (χ2n) is 3.76. The van der Waals surface area contributed by atoms with Crippen molar-refractivity contribution >= 4 is 21.6 Å². The normalized spacial score (nSPS) is 10.4. The van der Waals surface area contributed by atoms with Crippen LogP contribution in [0.15, 0.2) is 40.9 Å². The van der Waals surface area contributed by atoms with Crippen LogP contribution in [0.2, 0.25) is 0 Å². The zero-order valence-corrected chi connectivity index (χ0v) is 10.9. The highest BCUT2D eigenvalue weighted by Gasteiger charge is 2.03. The molecular weight excluding hydrogens is 304 g/mol. The van der Waals surface area contributed by atoms with Crippen molar-refractivity contribution in [1.82, 2.24) is 0 Å². The molecule has 0 bridgehead atoms. The minimum absolute atomic E-state index is 0.167. The van der Waals surface area contributed by atoms with E-state index in [0.717, 1.165) is 0 Å². The van der Waals surface area contributed by atoms with Gasteiger partial charge in [-0.25, -0.2) is 8.78 Å². The Labute approximate surface area is 112 Å². The number of benzene rings is 2. The van der Waals surface area contributed by atoms with Gasteiger partial charge in [0, 0.05) is 5.69 Å². The molecule has 0 spiro atoms. The fourth-order valence-corrected chi connectivity index (χ4v) is 1.85. The Morgan fingerprint density at radius 2 is 1.89 bits per heavy atom. The van der Waals surface area contributed by atoms with Crippen LogP contribution in [0.4, 0.5) is 14.5 Å². The van der Waals surface area contributed by atoms with Crippen LogP contribution in [0.25, 0.3) is 0 Å². The molecule has 0 amide bonds. The summed E-state index contributed by atoms with van der Waals surface area (Å²) in [6.45, 7) is 0.167. The van der Waals surface area contributed by atoms with E-state index in [1.165, 1.54) is 30.3 Å². The third kappa shape index (κ3) is 3.20. The standard InChI is InChI=1S/C13H10BrF2NO/c14-12-6-11(1-2-13(12)16)18-7-8-3-9(15)5-10(17)4-8/h1-6H,7,17H2. The molecule has 0 heterocycles. The first-order valence-corrected chi connectivity index (χ1v) is 5.97. The van der Waals surface area contributed by atoms with Crippen LogP contribution < -0.4 is 10.5 Å². The fraction of sp³-hybridized carbons (Fsp3) is 0.0769. The van der Waals surface area contributed by atoms with Crippen LogP contribution in [0.5, 0.6) is 5.75 Å². The lowest BCUT2D eigenvalue weighted by molar-refractivity contribution is 0.305. The summed E-state index contributed by atoms with van der Waals surface area (Å²) < 4.78 is 31.8. The number of nitrogen functional groups attached to an aromatic ring is 1. The molecule has 0 fully saturated rings. The zero-order chi connectivity index (χ0) is 13.1. The van der Waals surface area contributed by atoms with E-state index in [1.54, 1.807) is 6.07 Å².